The summed E-state index contributed by atoms with van der Waals surface area (Å²) in [6.45, 7) is 1.76. The molecule has 10 heteroatoms. The van der Waals surface area contributed by atoms with Crippen molar-refractivity contribution in [2.24, 2.45) is 7.05 Å². The Morgan fingerprint density at radius 1 is 1.25 bits per heavy atom. The minimum Gasteiger partial charge on any atom is -0.457 e. The van der Waals surface area contributed by atoms with Crippen LogP contribution < -0.4 is 10.1 Å². The molecule has 0 saturated carbocycles. The third-order valence-electron chi connectivity index (χ3n) is 3.77. The molecular formula is C18H14BrClN4O4. The van der Waals surface area contributed by atoms with E-state index in [1.165, 1.54) is 22.9 Å². The normalized spacial score (nSPS) is 10.6. The lowest BCUT2D eigenvalue weighted by Crippen LogP contribution is -2.16. The van der Waals surface area contributed by atoms with Gasteiger partial charge in [-0.05, 0) is 47.1 Å². The standard InChI is InChI=1S/C18H14BrClN4O4/c1-10-16(19)17(23(2)22-10)18(25)21-12-7-13(24(26)27)9-15(8-12)28-14-5-3-11(20)4-6-14/h3-9H,1-2H3,(H,21,25). The number of carbonyl (C=O) groups is 1. The van der Waals surface area contributed by atoms with Crippen LogP contribution in [0, 0.1) is 17.0 Å². The second-order valence-corrected chi connectivity index (χ2v) is 7.08. The van der Waals surface area contributed by atoms with E-state index in [2.05, 4.69) is 26.3 Å². The summed E-state index contributed by atoms with van der Waals surface area (Å²) in [7, 11) is 1.63. The third-order valence-corrected chi connectivity index (χ3v) is 4.97. The van der Waals surface area contributed by atoms with Gasteiger partial charge in [-0.15, -0.1) is 0 Å². The molecule has 8 nitrogen and oxygen atoms in total. The molecule has 2 aromatic carbocycles. The Labute approximate surface area is 173 Å². The number of anilines is 1. The van der Waals surface area contributed by atoms with Gasteiger partial charge in [-0.3, -0.25) is 19.6 Å². The van der Waals surface area contributed by atoms with Crippen molar-refractivity contribution in [3.8, 4) is 11.5 Å². The maximum absolute atomic E-state index is 12.6. The molecule has 1 aromatic heterocycles. The van der Waals surface area contributed by atoms with Crippen molar-refractivity contribution in [1.82, 2.24) is 9.78 Å². The summed E-state index contributed by atoms with van der Waals surface area (Å²) in [4.78, 5) is 23.3. The molecule has 3 rings (SSSR count). The van der Waals surface area contributed by atoms with Crippen LogP contribution in [0.2, 0.25) is 5.02 Å². The van der Waals surface area contributed by atoms with E-state index in [4.69, 9.17) is 16.3 Å². The maximum atomic E-state index is 12.6. The maximum Gasteiger partial charge on any atom is 0.275 e. The summed E-state index contributed by atoms with van der Waals surface area (Å²) >= 11 is 9.18. The van der Waals surface area contributed by atoms with E-state index >= 15 is 0 Å². The van der Waals surface area contributed by atoms with Gasteiger partial charge in [0.15, 0.2) is 0 Å². The predicted octanol–water partition coefficient (Wildman–Crippen LogP) is 5.10. The number of nitro benzene ring substituents is 1. The number of ether oxygens (including phenoxy) is 1. The fourth-order valence-electron chi connectivity index (χ4n) is 2.53. The number of rotatable bonds is 5. The van der Waals surface area contributed by atoms with Gasteiger partial charge < -0.3 is 10.1 Å². The first-order valence-electron chi connectivity index (χ1n) is 7.98. The second kappa shape index (κ2) is 7.99. The number of nitrogens with one attached hydrogen (secondary N) is 1. The zero-order chi connectivity index (χ0) is 20.4. The van der Waals surface area contributed by atoms with Gasteiger partial charge in [-0.2, -0.15) is 5.10 Å². The number of aryl methyl sites for hydroxylation is 2. The smallest absolute Gasteiger partial charge is 0.275 e. The molecule has 0 saturated heterocycles. The van der Waals surface area contributed by atoms with Crippen LogP contribution in [0.15, 0.2) is 46.9 Å². The van der Waals surface area contributed by atoms with Crippen molar-refractivity contribution >= 4 is 44.8 Å². The highest BCUT2D eigenvalue weighted by Gasteiger charge is 2.20. The largest absolute Gasteiger partial charge is 0.457 e. The fourth-order valence-corrected chi connectivity index (χ4v) is 3.17. The van der Waals surface area contributed by atoms with Crippen molar-refractivity contribution in [3.05, 3.63) is 73.5 Å². The Balaban J connectivity index is 1.91. The van der Waals surface area contributed by atoms with Crippen LogP contribution in [0.1, 0.15) is 16.2 Å². The number of benzene rings is 2. The van der Waals surface area contributed by atoms with Gasteiger partial charge in [0.2, 0.25) is 0 Å². The van der Waals surface area contributed by atoms with E-state index in [0.29, 0.717) is 26.6 Å². The molecule has 0 unspecified atom stereocenters. The molecule has 0 radical (unpaired) electrons. The average Bonchev–Trinajstić information content (AvgIpc) is 2.88. The highest BCUT2D eigenvalue weighted by atomic mass is 79.9. The van der Waals surface area contributed by atoms with Gasteiger partial charge in [0.05, 0.1) is 26.8 Å². The lowest BCUT2D eigenvalue weighted by Gasteiger charge is -2.10. The van der Waals surface area contributed by atoms with Crippen LogP contribution in [0.5, 0.6) is 11.5 Å². The summed E-state index contributed by atoms with van der Waals surface area (Å²) < 4.78 is 7.64. The highest BCUT2D eigenvalue weighted by Crippen LogP contribution is 2.31. The van der Waals surface area contributed by atoms with Gasteiger partial charge in [-0.25, -0.2) is 0 Å². The number of nitrogens with zero attached hydrogens (tertiary/aromatic N) is 3. The summed E-state index contributed by atoms with van der Waals surface area (Å²) in [5.41, 5.74) is 0.943. The van der Waals surface area contributed by atoms with E-state index in [-0.39, 0.29) is 17.1 Å². The molecule has 0 spiro atoms. The zero-order valence-corrected chi connectivity index (χ0v) is 17.1. The number of amides is 1. The van der Waals surface area contributed by atoms with E-state index in [0.717, 1.165) is 0 Å². The molecular weight excluding hydrogens is 452 g/mol. The Morgan fingerprint density at radius 2 is 1.93 bits per heavy atom. The monoisotopic (exact) mass is 464 g/mol. The molecule has 28 heavy (non-hydrogen) atoms. The molecule has 1 heterocycles. The first-order chi connectivity index (χ1) is 13.2. The number of halogens is 2. The van der Waals surface area contributed by atoms with Crippen LogP contribution in [-0.4, -0.2) is 20.6 Å². The lowest BCUT2D eigenvalue weighted by atomic mass is 10.2. The second-order valence-electron chi connectivity index (χ2n) is 5.85. The summed E-state index contributed by atoms with van der Waals surface area (Å²) in [5, 5.41) is 18.6. The van der Waals surface area contributed by atoms with Crippen LogP contribution >= 0.6 is 27.5 Å². The first-order valence-corrected chi connectivity index (χ1v) is 9.15. The van der Waals surface area contributed by atoms with E-state index in [9.17, 15) is 14.9 Å². The van der Waals surface area contributed by atoms with Gasteiger partial charge in [0, 0.05) is 24.2 Å². The zero-order valence-electron chi connectivity index (χ0n) is 14.8. The molecule has 0 aliphatic heterocycles. The molecule has 3 aromatic rings. The Kier molecular flexibility index (Phi) is 5.66. The van der Waals surface area contributed by atoms with E-state index in [1.807, 2.05) is 0 Å². The first kappa shape index (κ1) is 19.8. The minimum absolute atomic E-state index is 0.201. The number of non-ortho nitro benzene ring substituents is 1. The highest BCUT2D eigenvalue weighted by molar-refractivity contribution is 9.10. The van der Waals surface area contributed by atoms with Crippen molar-refractivity contribution in [1.29, 1.82) is 0 Å². The van der Waals surface area contributed by atoms with Gasteiger partial charge in [-0.1, -0.05) is 11.6 Å². The van der Waals surface area contributed by atoms with Crippen molar-refractivity contribution in [2.45, 2.75) is 6.92 Å². The molecule has 0 aliphatic rings. The summed E-state index contributed by atoms with van der Waals surface area (Å²) in [5.74, 6) is 0.187. The summed E-state index contributed by atoms with van der Waals surface area (Å²) in [6, 6.07) is 10.6. The topological polar surface area (TPSA) is 99.3 Å². The lowest BCUT2D eigenvalue weighted by molar-refractivity contribution is -0.384. The molecule has 144 valence electrons. The molecule has 0 fully saturated rings. The number of aromatic nitrogens is 2. The van der Waals surface area contributed by atoms with Gasteiger partial charge in [0.25, 0.3) is 11.6 Å². The van der Waals surface area contributed by atoms with Crippen LogP contribution in [0.25, 0.3) is 0 Å². The quantitative estimate of drug-likeness (QED) is 0.417. The molecule has 0 atom stereocenters. The predicted molar refractivity (Wildman–Crippen MR) is 108 cm³/mol. The van der Waals surface area contributed by atoms with Crippen molar-refractivity contribution in [2.75, 3.05) is 5.32 Å². The number of carbonyl (C=O) groups excluding carboxylic acids is 1. The van der Waals surface area contributed by atoms with Crippen molar-refractivity contribution in [3.63, 3.8) is 0 Å². The third kappa shape index (κ3) is 4.32. The van der Waals surface area contributed by atoms with E-state index < -0.39 is 10.8 Å². The Hall–Kier alpha value is -2.91. The Morgan fingerprint density at radius 3 is 2.50 bits per heavy atom. The van der Waals surface area contributed by atoms with Gasteiger partial charge >= 0.3 is 0 Å². The van der Waals surface area contributed by atoms with Crippen LogP contribution in [-0.2, 0) is 7.05 Å². The molecule has 1 N–H and O–H groups in total. The summed E-state index contributed by atoms with van der Waals surface area (Å²) in [6.07, 6.45) is 0. The number of nitro groups is 1. The minimum atomic E-state index is -0.561. The SMILES string of the molecule is Cc1nn(C)c(C(=O)Nc2cc(Oc3ccc(Cl)cc3)cc([N+](=O)[O-])c2)c1Br. The van der Waals surface area contributed by atoms with Crippen LogP contribution in [0.3, 0.4) is 0 Å². The average molecular weight is 466 g/mol. The van der Waals surface area contributed by atoms with E-state index in [1.54, 1.807) is 38.2 Å². The fraction of sp³-hybridized carbons (Fsp3) is 0.111. The molecule has 0 aliphatic carbocycles. The van der Waals surface area contributed by atoms with Crippen molar-refractivity contribution < 1.29 is 14.5 Å². The number of hydrogen-bond acceptors (Lipinski definition) is 5. The Bertz CT molecular complexity index is 1070. The molecule has 1 amide bonds. The van der Waals surface area contributed by atoms with Gasteiger partial charge in [0.1, 0.15) is 17.2 Å². The number of hydrogen-bond donors (Lipinski definition) is 1. The molecule has 0 bridgehead atoms. The van der Waals surface area contributed by atoms with Crippen LogP contribution in [0.4, 0.5) is 11.4 Å².